The van der Waals surface area contributed by atoms with Crippen molar-refractivity contribution in [2.24, 2.45) is 0 Å². The van der Waals surface area contributed by atoms with Crippen LogP contribution in [-0.2, 0) is 9.53 Å². The Morgan fingerprint density at radius 3 is 2.38 bits per heavy atom. The molecule has 1 aromatic carbocycles. The molecule has 0 aliphatic rings. The molecule has 4 nitrogen and oxygen atoms in total. The molecule has 2 atom stereocenters. The summed E-state index contributed by atoms with van der Waals surface area (Å²) in [6.07, 6.45) is 5.72. The molecular weight excluding hydrogens is 304 g/mol. The molecule has 1 aromatic rings. The van der Waals surface area contributed by atoms with Crippen LogP contribution in [-0.4, -0.2) is 29.1 Å². The number of rotatable bonds is 12. The van der Waals surface area contributed by atoms with Gasteiger partial charge < -0.3 is 9.84 Å². The van der Waals surface area contributed by atoms with E-state index in [1.165, 1.54) is 19.3 Å². The van der Waals surface area contributed by atoms with Crippen molar-refractivity contribution in [1.82, 2.24) is 0 Å². The van der Waals surface area contributed by atoms with Crippen LogP contribution in [0.3, 0.4) is 0 Å². The average molecular weight is 334 g/mol. The van der Waals surface area contributed by atoms with Gasteiger partial charge in [0.25, 0.3) is 0 Å². The molecular formula is C20H30O4. The van der Waals surface area contributed by atoms with E-state index >= 15 is 0 Å². The maximum absolute atomic E-state index is 12.1. The summed E-state index contributed by atoms with van der Waals surface area (Å²) in [5, 5.41) is 9.90. The minimum Gasteiger partial charge on any atom is -0.454 e. The van der Waals surface area contributed by atoms with Crippen LogP contribution >= 0.6 is 0 Å². The average Bonchev–Trinajstić information content (AvgIpc) is 2.59. The van der Waals surface area contributed by atoms with E-state index in [0.717, 1.165) is 19.3 Å². The Bertz CT molecular complexity index is 484. The highest BCUT2D eigenvalue weighted by Crippen LogP contribution is 2.12. The second-order valence-corrected chi connectivity index (χ2v) is 6.26. The minimum absolute atomic E-state index is 0.141. The van der Waals surface area contributed by atoms with Crippen LogP contribution in [0.25, 0.3) is 0 Å². The molecule has 0 aliphatic carbocycles. The first-order valence-corrected chi connectivity index (χ1v) is 9.01. The van der Waals surface area contributed by atoms with E-state index in [1.807, 2.05) is 6.07 Å². The molecule has 1 N–H and O–H groups in total. The number of unbranched alkanes of at least 4 members (excludes halogenated alkanes) is 4. The van der Waals surface area contributed by atoms with Gasteiger partial charge in [0.05, 0.1) is 6.10 Å². The summed E-state index contributed by atoms with van der Waals surface area (Å²) in [6.45, 7) is 3.75. The number of ketones is 1. The summed E-state index contributed by atoms with van der Waals surface area (Å²) in [6, 6.07) is 8.79. The first-order chi connectivity index (χ1) is 11.5. The molecule has 0 aliphatic heterocycles. The van der Waals surface area contributed by atoms with Crippen LogP contribution < -0.4 is 0 Å². The van der Waals surface area contributed by atoms with Crippen molar-refractivity contribution >= 4 is 11.8 Å². The summed E-state index contributed by atoms with van der Waals surface area (Å²) >= 11 is 0. The predicted molar refractivity (Wildman–Crippen MR) is 94.9 cm³/mol. The molecule has 134 valence electrons. The van der Waals surface area contributed by atoms with Gasteiger partial charge in [0, 0.05) is 12.0 Å². The van der Waals surface area contributed by atoms with Gasteiger partial charge in [0.2, 0.25) is 5.78 Å². The zero-order valence-electron chi connectivity index (χ0n) is 14.9. The number of carbonyl (C=O) groups is 2. The first-order valence-electron chi connectivity index (χ1n) is 9.01. The third-order valence-corrected chi connectivity index (χ3v) is 4.06. The quantitative estimate of drug-likeness (QED) is 0.351. The predicted octanol–water partition coefficient (Wildman–Crippen LogP) is 4.30. The maximum atomic E-state index is 12.1. The van der Waals surface area contributed by atoms with Gasteiger partial charge in [-0.2, -0.15) is 0 Å². The Morgan fingerprint density at radius 2 is 1.71 bits per heavy atom. The number of hydrogen-bond acceptors (Lipinski definition) is 4. The summed E-state index contributed by atoms with van der Waals surface area (Å²) < 4.78 is 5.17. The number of aliphatic hydroxyl groups excluding tert-OH is 1. The van der Waals surface area contributed by atoms with Gasteiger partial charge in [0.1, 0.15) is 0 Å². The number of Topliss-reactive ketones (excluding diaryl/α,β-unsaturated/α-hetero) is 1. The minimum atomic E-state index is -0.800. The monoisotopic (exact) mass is 334 g/mol. The second-order valence-electron chi connectivity index (χ2n) is 6.26. The van der Waals surface area contributed by atoms with Crippen LogP contribution in [0.1, 0.15) is 75.6 Å². The van der Waals surface area contributed by atoms with Crippen LogP contribution in [0, 0.1) is 0 Å². The fourth-order valence-electron chi connectivity index (χ4n) is 2.56. The van der Waals surface area contributed by atoms with Crippen LogP contribution in [0.4, 0.5) is 0 Å². The molecule has 24 heavy (non-hydrogen) atoms. The Hall–Kier alpha value is -1.68. The number of ether oxygens (including phenoxy) is 1. The number of benzene rings is 1. The smallest absolute Gasteiger partial charge is 0.306 e. The topological polar surface area (TPSA) is 63.6 Å². The fraction of sp³-hybridized carbons (Fsp3) is 0.600. The molecule has 0 radical (unpaired) electrons. The standard InChI is InChI=1S/C20H30O4/c1-3-4-5-6-10-13-18(21)14-15-19(22)24-16(2)20(23)17-11-8-7-9-12-17/h7-9,11-12,16,18,21H,3-6,10,13-15H2,1-2H3. The Labute approximate surface area is 145 Å². The van der Waals surface area contributed by atoms with Crippen molar-refractivity contribution in [1.29, 1.82) is 0 Å². The molecule has 2 unspecified atom stereocenters. The Kier molecular flexibility index (Phi) is 10.0. The number of esters is 1. The number of carbonyl (C=O) groups excluding carboxylic acids is 2. The number of hydrogen-bond donors (Lipinski definition) is 1. The van der Waals surface area contributed by atoms with Crippen molar-refractivity contribution in [2.75, 3.05) is 0 Å². The fourth-order valence-corrected chi connectivity index (χ4v) is 2.56. The third-order valence-electron chi connectivity index (χ3n) is 4.06. The van der Waals surface area contributed by atoms with Crippen molar-refractivity contribution in [3.8, 4) is 0 Å². The van der Waals surface area contributed by atoms with Gasteiger partial charge in [-0.25, -0.2) is 0 Å². The summed E-state index contributed by atoms with van der Waals surface area (Å²) in [7, 11) is 0. The first kappa shape index (κ1) is 20.4. The molecule has 0 heterocycles. The molecule has 0 fully saturated rings. The molecule has 0 spiro atoms. The van der Waals surface area contributed by atoms with Crippen molar-refractivity contribution in [3.63, 3.8) is 0 Å². The number of aliphatic hydroxyl groups is 1. The molecule has 0 saturated carbocycles. The highest BCUT2D eigenvalue weighted by atomic mass is 16.5. The lowest BCUT2D eigenvalue weighted by atomic mass is 10.0. The molecule has 1 rings (SSSR count). The van der Waals surface area contributed by atoms with Crippen LogP contribution in [0.15, 0.2) is 30.3 Å². The zero-order chi connectivity index (χ0) is 17.8. The van der Waals surface area contributed by atoms with Gasteiger partial charge in [-0.1, -0.05) is 69.4 Å². The third kappa shape index (κ3) is 8.25. The lowest BCUT2D eigenvalue weighted by Gasteiger charge is -2.14. The van der Waals surface area contributed by atoms with E-state index in [2.05, 4.69) is 6.92 Å². The molecule has 0 amide bonds. The molecule has 0 saturated heterocycles. The second kappa shape index (κ2) is 11.8. The lowest BCUT2D eigenvalue weighted by Crippen LogP contribution is -2.25. The van der Waals surface area contributed by atoms with E-state index < -0.39 is 18.2 Å². The SMILES string of the molecule is CCCCCCCC(O)CCC(=O)OC(C)C(=O)c1ccccc1. The van der Waals surface area contributed by atoms with E-state index in [4.69, 9.17) is 4.74 Å². The van der Waals surface area contributed by atoms with E-state index in [1.54, 1.807) is 31.2 Å². The van der Waals surface area contributed by atoms with E-state index in [-0.39, 0.29) is 12.2 Å². The molecule has 0 bridgehead atoms. The molecule has 4 heteroatoms. The van der Waals surface area contributed by atoms with Gasteiger partial charge in [-0.05, 0) is 19.8 Å². The summed E-state index contributed by atoms with van der Waals surface area (Å²) in [5.41, 5.74) is 0.532. The van der Waals surface area contributed by atoms with Crippen LogP contribution in [0.5, 0.6) is 0 Å². The maximum Gasteiger partial charge on any atom is 0.306 e. The van der Waals surface area contributed by atoms with Crippen LogP contribution in [0.2, 0.25) is 0 Å². The zero-order valence-corrected chi connectivity index (χ0v) is 14.9. The highest BCUT2D eigenvalue weighted by Gasteiger charge is 2.19. The lowest BCUT2D eigenvalue weighted by molar-refractivity contribution is -0.147. The summed E-state index contributed by atoms with van der Waals surface area (Å²) in [5.74, 6) is -0.641. The van der Waals surface area contributed by atoms with Gasteiger partial charge >= 0.3 is 5.97 Å². The molecule has 0 aromatic heterocycles. The summed E-state index contributed by atoms with van der Waals surface area (Å²) in [4.78, 5) is 23.9. The van der Waals surface area contributed by atoms with Gasteiger partial charge in [-0.15, -0.1) is 0 Å². The normalized spacial score (nSPS) is 13.3. The largest absolute Gasteiger partial charge is 0.454 e. The van der Waals surface area contributed by atoms with Crippen molar-refractivity contribution in [3.05, 3.63) is 35.9 Å². The van der Waals surface area contributed by atoms with E-state index in [9.17, 15) is 14.7 Å². The van der Waals surface area contributed by atoms with Crippen molar-refractivity contribution in [2.45, 2.75) is 77.4 Å². The highest BCUT2D eigenvalue weighted by molar-refractivity contribution is 6.00. The van der Waals surface area contributed by atoms with Gasteiger partial charge in [0.15, 0.2) is 6.10 Å². The Balaban J connectivity index is 2.22. The van der Waals surface area contributed by atoms with Crippen molar-refractivity contribution < 1.29 is 19.4 Å². The van der Waals surface area contributed by atoms with Gasteiger partial charge in [-0.3, -0.25) is 9.59 Å². The van der Waals surface area contributed by atoms with E-state index in [0.29, 0.717) is 12.0 Å². The Morgan fingerprint density at radius 1 is 1.04 bits per heavy atom.